The van der Waals surface area contributed by atoms with Gasteiger partial charge in [0.1, 0.15) is 23.6 Å². The number of alkyl halides is 3. The van der Waals surface area contributed by atoms with E-state index in [1.807, 2.05) is 12.1 Å². The number of ether oxygens (including phenoxy) is 2. The molecule has 1 saturated heterocycles. The Morgan fingerprint density at radius 3 is 2.53 bits per heavy atom. The molecule has 5 rings (SSSR count). The third kappa shape index (κ3) is 7.60. The first kappa shape index (κ1) is 31.5. The second-order valence-corrected chi connectivity index (χ2v) is 10.6. The van der Waals surface area contributed by atoms with Crippen LogP contribution in [0.2, 0.25) is 0 Å². The van der Waals surface area contributed by atoms with Crippen LogP contribution in [0.5, 0.6) is 11.5 Å². The predicted molar refractivity (Wildman–Crippen MR) is 161 cm³/mol. The Labute approximate surface area is 259 Å². The van der Waals surface area contributed by atoms with Crippen molar-refractivity contribution in [2.75, 3.05) is 23.1 Å². The molecule has 1 aliphatic rings. The number of rotatable bonds is 9. The number of hydrogen-bond acceptors (Lipinski definition) is 7. The summed E-state index contributed by atoms with van der Waals surface area (Å²) in [5.74, 6) is -0.646. The van der Waals surface area contributed by atoms with Crippen molar-refractivity contribution in [3.63, 3.8) is 0 Å². The standard InChI is InChI=1S/C30H26F4N6O4S/c1-3-4-5-18-6-10-22(43-2)15-25(18)40-26(41)16-45-29(40)37-28(42)36-24-13-7-19(14-23(24)31)27-35-17-39(38-27)20-8-11-21(12-9-20)44-30(32,33)34/h6-15,17H,3-5,16H2,1-2H3,(H,36,42). The number of nitrogens with zero attached hydrogens (tertiary/aromatic N) is 5. The van der Waals surface area contributed by atoms with E-state index in [1.165, 1.54) is 47.3 Å². The van der Waals surface area contributed by atoms with Crippen LogP contribution < -0.4 is 19.7 Å². The molecule has 4 aromatic rings. The minimum absolute atomic E-state index is 0.0880. The van der Waals surface area contributed by atoms with Crippen molar-refractivity contribution in [1.29, 1.82) is 0 Å². The van der Waals surface area contributed by atoms with E-state index in [-0.39, 0.29) is 39.7 Å². The first-order valence-corrected chi connectivity index (χ1v) is 14.6. The molecule has 234 valence electrons. The number of hydrogen-bond donors (Lipinski definition) is 1. The van der Waals surface area contributed by atoms with E-state index in [0.29, 0.717) is 17.1 Å². The van der Waals surface area contributed by atoms with Gasteiger partial charge in [-0.2, -0.15) is 4.99 Å². The van der Waals surface area contributed by atoms with Crippen LogP contribution in [0.4, 0.5) is 33.7 Å². The summed E-state index contributed by atoms with van der Waals surface area (Å²) in [4.78, 5) is 35.3. The van der Waals surface area contributed by atoms with Crippen molar-refractivity contribution in [3.05, 3.63) is 78.4 Å². The van der Waals surface area contributed by atoms with Crippen LogP contribution in [0.3, 0.4) is 0 Å². The number of anilines is 2. The van der Waals surface area contributed by atoms with Crippen molar-refractivity contribution < 1.29 is 36.6 Å². The third-order valence-corrected chi connectivity index (χ3v) is 7.51. The van der Waals surface area contributed by atoms with E-state index in [2.05, 4.69) is 32.1 Å². The zero-order valence-electron chi connectivity index (χ0n) is 24.0. The van der Waals surface area contributed by atoms with E-state index in [4.69, 9.17) is 4.74 Å². The number of urea groups is 1. The molecule has 15 heteroatoms. The topological polar surface area (TPSA) is 111 Å². The second kappa shape index (κ2) is 13.4. The van der Waals surface area contributed by atoms with Gasteiger partial charge in [0, 0.05) is 11.6 Å². The summed E-state index contributed by atoms with van der Waals surface area (Å²) in [7, 11) is 1.52. The highest BCUT2D eigenvalue weighted by Crippen LogP contribution is 2.34. The SMILES string of the molecule is CCCCc1ccc(OC)cc1N1C(=O)CSC1=NC(=O)Nc1ccc(-c2ncn(-c3ccc(OC(F)(F)F)cc3)n2)cc1F. The number of carbonyl (C=O) groups is 2. The van der Waals surface area contributed by atoms with E-state index in [0.717, 1.165) is 54.8 Å². The van der Waals surface area contributed by atoms with Crippen molar-refractivity contribution in [3.8, 4) is 28.6 Å². The van der Waals surface area contributed by atoms with Crippen LogP contribution in [0, 0.1) is 5.82 Å². The molecule has 0 unspecified atom stereocenters. The number of aliphatic imine (C=N–C) groups is 1. The summed E-state index contributed by atoms with van der Waals surface area (Å²) in [6.07, 6.45) is -0.912. The summed E-state index contributed by atoms with van der Waals surface area (Å²) in [5.41, 5.74) is 2.02. The van der Waals surface area contributed by atoms with Gasteiger partial charge in [-0.25, -0.2) is 18.9 Å². The van der Waals surface area contributed by atoms with Gasteiger partial charge in [-0.15, -0.1) is 18.3 Å². The van der Waals surface area contributed by atoms with Gasteiger partial charge in [-0.1, -0.05) is 31.2 Å². The van der Waals surface area contributed by atoms with Crippen LogP contribution in [0.25, 0.3) is 17.1 Å². The van der Waals surface area contributed by atoms with Gasteiger partial charge in [0.25, 0.3) is 0 Å². The van der Waals surface area contributed by atoms with Gasteiger partial charge in [0.15, 0.2) is 11.0 Å². The van der Waals surface area contributed by atoms with Gasteiger partial charge >= 0.3 is 12.4 Å². The molecule has 45 heavy (non-hydrogen) atoms. The fourth-order valence-corrected chi connectivity index (χ4v) is 5.30. The van der Waals surface area contributed by atoms with Crippen LogP contribution in [0.1, 0.15) is 25.3 Å². The highest BCUT2D eigenvalue weighted by atomic mass is 32.2. The fraction of sp³-hybridized carbons (Fsp3) is 0.233. The molecule has 0 radical (unpaired) electrons. The molecule has 1 N–H and O–H groups in total. The number of halogens is 4. The van der Waals surface area contributed by atoms with Gasteiger partial charge < -0.3 is 14.8 Å². The lowest BCUT2D eigenvalue weighted by molar-refractivity contribution is -0.274. The normalized spacial score (nSPS) is 14.2. The van der Waals surface area contributed by atoms with Gasteiger partial charge in [-0.05, 0) is 66.9 Å². The third-order valence-electron chi connectivity index (χ3n) is 6.59. The molecular weight excluding hydrogens is 616 g/mol. The molecule has 0 spiro atoms. The van der Waals surface area contributed by atoms with E-state index >= 15 is 4.39 Å². The number of unbranched alkanes of at least 4 members (excludes halogenated alkanes) is 1. The molecule has 0 aliphatic carbocycles. The van der Waals surface area contributed by atoms with Gasteiger partial charge in [0.2, 0.25) is 5.91 Å². The zero-order chi connectivity index (χ0) is 32.1. The van der Waals surface area contributed by atoms with Crippen LogP contribution in [-0.2, 0) is 11.2 Å². The number of aryl methyl sites for hydroxylation is 1. The number of amides is 3. The minimum Gasteiger partial charge on any atom is -0.497 e. The van der Waals surface area contributed by atoms with Crippen LogP contribution >= 0.6 is 11.8 Å². The second-order valence-electron chi connectivity index (χ2n) is 9.69. The number of nitrogens with one attached hydrogen (secondary N) is 1. The zero-order valence-corrected chi connectivity index (χ0v) is 24.8. The molecule has 0 saturated carbocycles. The van der Waals surface area contributed by atoms with E-state index in [1.54, 1.807) is 6.07 Å². The summed E-state index contributed by atoms with van der Waals surface area (Å²) >= 11 is 1.10. The van der Waals surface area contributed by atoms with Crippen molar-refractivity contribution in [2.45, 2.75) is 32.5 Å². The molecule has 2 heterocycles. The Kier molecular flexibility index (Phi) is 9.37. The maximum absolute atomic E-state index is 15.1. The number of amidine groups is 1. The molecule has 1 aliphatic heterocycles. The Morgan fingerprint density at radius 2 is 1.84 bits per heavy atom. The summed E-state index contributed by atoms with van der Waals surface area (Å²) in [6.45, 7) is 2.06. The number of thioether (sulfide) groups is 1. The number of aromatic nitrogens is 3. The minimum atomic E-state index is -4.81. The van der Waals surface area contributed by atoms with Crippen molar-refractivity contribution >= 4 is 40.2 Å². The lowest BCUT2D eigenvalue weighted by atomic mass is 10.1. The summed E-state index contributed by atoms with van der Waals surface area (Å²) in [5, 5.41) is 6.83. The first-order valence-electron chi connectivity index (χ1n) is 13.6. The van der Waals surface area contributed by atoms with Crippen molar-refractivity contribution in [1.82, 2.24) is 14.8 Å². The first-order chi connectivity index (χ1) is 21.5. The molecule has 1 aromatic heterocycles. The van der Waals surface area contributed by atoms with E-state index < -0.39 is 18.2 Å². The monoisotopic (exact) mass is 642 g/mol. The maximum Gasteiger partial charge on any atom is 0.573 e. The Balaban J connectivity index is 1.30. The number of benzene rings is 3. The Morgan fingerprint density at radius 1 is 1.09 bits per heavy atom. The largest absolute Gasteiger partial charge is 0.573 e. The number of carbonyl (C=O) groups excluding carboxylic acids is 2. The van der Waals surface area contributed by atoms with E-state index in [9.17, 15) is 22.8 Å². The average Bonchev–Trinajstić information content (AvgIpc) is 3.64. The van der Waals surface area contributed by atoms with Gasteiger partial charge in [0.05, 0.1) is 29.9 Å². The van der Waals surface area contributed by atoms with Gasteiger partial charge in [-0.3, -0.25) is 9.69 Å². The lowest BCUT2D eigenvalue weighted by Crippen LogP contribution is -2.31. The van der Waals surface area contributed by atoms with Crippen LogP contribution in [-0.4, -0.2) is 51.1 Å². The predicted octanol–water partition coefficient (Wildman–Crippen LogP) is 6.99. The molecule has 1 fully saturated rings. The highest BCUT2D eigenvalue weighted by Gasteiger charge is 2.33. The summed E-state index contributed by atoms with van der Waals surface area (Å²) in [6, 6.07) is 13.5. The van der Waals surface area contributed by atoms with Crippen molar-refractivity contribution in [2.24, 2.45) is 4.99 Å². The number of methoxy groups -OCH3 is 1. The summed E-state index contributed by atoms with van der Waals surface area (Å²) < 4.78 is 62.8. The molecular formula is C30H26F4N6O4S. The molecule has 0 atom stereocenters. The maximum atomic E-state index is 15.1. The Hall–Kier alpha value is -4.92. The smallest absolute Gasteiger partial charge is 0.497 e. The van der Waals surface area contributed by atoms with Crippen LogP contribution in [0.15, 0.2) is 72.0 Å². The Bertz CT molecular complexity index is 1740. The molecule has 3 aromatic carbocycles. The molecule has 0 bridgehead atoms. The molecule has 3 amide bonds. The highest BCUT2D eigenvalue weighted by molar-refractivity contribution is 8.15. The lowest BCUT2D eigenvalue weighted by Gasteiger charge is -2.20. The average molecular weight is 643 g/mol. The fourth-order valence-electron chi connectivity index (χ4n) is 4.45. The quantitative estimate of drug-likeness (QED) is 0.196. The molecule has 10 nitrogen and oxygen atoms in total.